The van der Waals surface area contributed by atoms with Crippen molar-refractivity contribution in [2.24, 2.45) is 5.92 Å². The van der Waals surface area contributed by atoms with E-state index in [9.17, 15) is 9.18 Å². The molecule has 32 heavy (non-hydrogen) atoms. The fourth-order valence-electron chi connectivity index (χ4n) is 3.04. The van der Waals surface area contributed by atoms with Crippen LogP contribution in [0, 0.1) is 11.7 Å². The third-order valence-electron chi connectivity index (χ3n) is 4.46. The Hall–Kier alpha value is -2.78. The zero-order valence-electron chi connectivity index (χ0n) is 18.2. The van der Waals surface area contributed by atoms with Gasteiger partial charge in [0, 0.05) is 12.6 Å². The molecule has 1 heterocycles. The molecule has 1 amide bonds. The summed E-state index contributed by atoms with van der Waals surface area (Å²) in [5.41, 5.74) is 0.800. The lowest BCUT2D eigenvalue weighted by molar-refractivity contribution is -0.113. The highest BCUT2D eigenvalue weighted by Gasteiger charge is 2.19. The number of benzene rings is 2. The Kier molecular flexibility index (Phi) is 7.98. The van der Waals surface area contributed by atoms with Gasteiger partial charge in [-0.15, -0.1) is 10.2 Å². The number of aromatic nitrogens is 3. The summed E-state index contributed by atoms with van der Waals surface area (Å²) in [6.45, 7) is 4.68. The number of hydrogen-bond acceptors (Lipinski definition) is 6. The Labute approximate surface area is 195 Å². The second kappa shape index (κ2) is 10.7. The highest BCUT2D eigenvalue weighted by Crippen LogP contribution is 2.36. The quantitative estimate of drug-likeness (QED) is 0.429. The third kappa shape index (κ3) is 5.52. The highest BCUT2D eigenvalue weighted by molar-refractivity contribution is 7.99. The van der Waals surface area contributed by atoms with E-state index >= 15 is 0 Å². The van der Waals surface area contributed by atoms with Gasteiger partial charge in [-0.25, -0.2) is 4.39 Å². The molecule has 0 fully saturated rings. The molecule has 0 aliphatic carbocycles. The summed E-state index contributed by atoms with van der Waals surface area (Å²) in [6, 6.07) is 9.60. The number of carbonyl (C=O) groups is 1. The summed E-state index contributed by atoms with van der Waals surface area (Å²) in [5, 5.41) is 12.1. The fourth-order valence-corrected chi connectivity index (χ4v) is 4.03. The molecule has 2 aromatic carbocycles. The Balaban J connectivity index is 1.78. The molecule has 3 aromatic rings. The van der Waals surface area contributed by atoms with Gasteiger partial charge in [-0.3, -0.25) is 4.79 Å². The smallest absolute Gasteiger partial charge is 0.234 e. The van der Waals surface area contributed by atoms with Crippen molar-refractivity contribution in [2.75, 3.05) is 25.3 Å². The van der Waals surface area contributed by atoms with Crippen molar-refractivity contribution >= 4 is 35.0 Å². The van der Waals surface area contributed by atoms with Crippen molar-refractivity contribution in [3.63, 3.8) is 0 Å². The molecule has 0 bridgehead atoms. The van der Waals surface area contributed by atoms with E-state index in [1.54, 1.807) is 30.3 Å². The van der Waals surface area contributed by atoms with Crippen LogP contribution in [0.2, 0.25) is 5.02 Å². The molecular formula is C22H24ClFN4O3S. The minimum atomic E-state index is -0.373. The standard InChI is InChI=1S/C22H24ClFN4O3S/c1-13(2)11-28-21(14-7-5-6-8-16(14)24)26-27-22(28)32-12-20(29)25-17-9-15(23)18(30-3)10-19(17)31-4/h5-10,13H,11-12H2,1-4H3,(H,25,29). The van der Waals surface area contributed by atoms with Gasteiger partial charge in [0.25, 0.3) is 0 Å². The number of ether oxygens (including phenoxy) is 2. The van der Waals surface area contributed by atoms with Gasteiger partial charge in [0.15, 0.2) is 11.0 Å². The average Bonchev–Trinajstić information content (AvgIpc) is 3.14. The van der Waals surface area contributed by atoms with Crippen molar-refractivity contribution in [1.82, 2.24) is 14.8 Å². The molecule has 1 N–H and O–H groups in total. The van der Waals surface area contributed by atoms with E-state index in [4.69, 9.17) is 21.1 Å². The van der Waals surface area contributed by atoms with E-state index in [2.05, 4.69) is 15.5 Å². The van der Waals surface area contributed by atoms with Crippen LogP contribution in [0.3, 0.4) is 0 Å². The van der Waals surface area contributed by atoms with Gasteiger partial charge in [-0.1, -0.05) is 49.3 Å². The van der Waals surface area contributed by atoms with Crippen LogP contribution in [0.1, 0.15) is 13.8 Å². The number of anilines is 1. The minimum absolute atomic E-state index is 0.0697. The number of nitrogens with zero attached hydrogens (tertiary/aromatic N) is 3. The zero-order chi connectivity index (χ0) is 23.3. The lowest BCUT2D eigenvalue weighted by atomic mass is 10.2. The van der Waals surface area contributed by atoms with Gasteiger partial charge in [-0.05, 0) is 24.1 Å². The molecule has 0 atom stereocenters. The third-order valence-corrected chi connectivity index (χ3v) is 5.72. The molecule has 0 radical (unpaired) electrons. The molecule has 1 aromatic heterocycles. The zero-order valence-corrected chi connectivity index (χ0v) is 19.8. The number of rotatable bonds is 9. The normalized spacial score (nSPS) is 11.0. The first kappa shape index (κ1) is 23.9. The maximum absolute atomic E-state index is 14.3. The van der Waals surface area contributed by atoms with E-state index in [-0.39, 0.29) is 23.4 Å². The van der Waals surface area contributed by atoms with Crippen LogP contribution in [0.15, 0.2) is 41.6 Å². The summed E-state index contributed by atoms with van der Waals surface area (Å²) in [6.07, 6.45) is 0. The topological polar surface area (TPSA) is 78.3 Å². The highest BCUT2D eigenvalue weighted by atomic mass is 35.5. The molecular weight excluding hydrogens is 455 g/mol. The molecule has 0 saturated carbocycles. The molecule has 0 unspecified atom stereocenters. The first-order chi connectivity index (χ1) is 15.3. The molecule has 0 aliphatic heterocycles. The summed E-state index contributed by atoms with van der Waals surface area (Å²) < 4.78 is 26.7. The van der Waals surface area contributed by atoms with Crippen molar-refractivity contribution in [3.05, 3.63) is 47.2 Å². The van der Waals surface area contributed by atoms with Gasteiger partial charge in [0.05, 0.1) is 36.2 Å². The van der Waals surface area contributed by atoms with Gasteiger partial charge in [0.2, 0.25) is 5.91 Å². The maximum atomic E-state index is 14.3. The average molecular weight is 479 g/mol. The van der Waals surface area contributed by atoms with Crippen LogP contribution >= 0.6 is 23.4 Å². The van der Waals surface area contributed by atoms with Crippen molar-refractivity contribution in [1.29, 1.82) is 0 Å². The largest absolute Gasteiger partial charge is 0.495 e. The van der Waals surface area contributed by atoms with Crippen LogP contribution in [0.25, 0.3) is 11.4 Å². The van der Waals surface area contributed by atoms with E-state index in [0.29, 0.717) is 45.3 Å². The fraction of sp³-hybridized carbons (Fsp3) is 0.318. The monoisotopic (exact) mass is 478 g/mol. The van der Waals surface area contributed by atoms with Crippen LogP contribution in [-0.4, -0.2) is 40.6 Å². The Morgan fingerprint density at radius 2 is 1.91 bits per heavy atom. The second-order valence-electron chi connectivity index (χ2n) is 7.31. The van der Waals surface area contributed by atoms with Gasteiger partial charge in [0.1, 0.15) is 17.3 Å². The lowest BCUT2D eigenvalue weighted by Crippen LogP contribution is -2.16. The summed E-state index contributed by atoms with van der Waals surface area (Å²) >= 11 is 7.39. The molecule has 10 heteroatoms. The number of methoxy groups -OCH3 is 2. The summed E-state index contributed by atoms with van der Waals surface area (Å²) in [5.74, 6) is 0.996. The Morgan fingerprint density at radius 3 is 2.56 bits per heavy atom. The van der Waals surface area contributed by atoms with E-state index in [1.165, 1.54) is 32.0 Å². The van der Waals surface area contributed by atoms with Crippen molar-refractivity contribution < 1.29 is 18.7 Å². The van der Waals surface area contributed by atoms with E-state index in [0.717, 1.165) is 0 Å². The first-order valence-corrected chi connectivity index (χ1v) is 11.2. The van der Waals surface area contributed by atoms with Crippen LogP contribution < -0.4 is 14.8 Å². The SMILES string of the molecule is COc1cc(OC)c(NC(=O)CSc2nnc(-c3ccccc3F)n2CC(C)C)cc1Cl. The van der Waals surface area contributed by atoms with Gasteiger partial charge in [-0.2, -0.15) is 0 Å². The number of thioether (sulfide) groups is 1. The van der Waals surface area contributed by atoms with Gasteiger partial charge >= 0.3 is 0 Å². The maximum Gasteiger partial charge on any atom is 0.234 e. The number of amides is 1. The van der Waals surface area contributed by atoms with Gasteiger partial charge < -0.3 is 19.4 Å². The molecule has 3 rings (SSSR count). The van der Waals surface area contributed by atoms with E-state index < -0.39 is 0 Å². The van der Waals surface area contributed by atoms with E-state index in [1.807, 2.05) is 18.4 Å². The Bertz CT molecular complexity index is 1110. The first-order valence-electron chi connectivity index (χ1n) is 9.86. The summed E-state index contributed by atoms with van der Waals surface area (Å²) in [7, 11) is 2.99. The molecule has 7 nitrogen and oxygen atoms in total. The number of carbonyl (C=O) groups excluding carboxylic acids is 1. The van der Waals surface area contributed by atoms with Crippen LogP contribution in [0.5, 0.6) is 11.5 Å². The molecule has 0 aliphatic rings. The second-order valence-corrected chi connectivity index (χ2v) is 8.66. The Morgan fingerprint density at radius 1 is 1.19 bits per heavy atom. The lowest BCUT2D eigenvalue weighted by Gasteiger charge is -2.14. The van der Waals surface area contributed by atoms with Crippen LogP contribution in [0.4, 0.5) is 10.1 Å². The van der Waals surface area contributed by atoms with Crippen LogP contribution in [-0.2, 0) is 11.3 Å². The molecule has 0 spiro atoms. The number of hydrogen-bond donors (Lipinski definition) is 1. The summed E-state index contributed by atoms with van der Waals surface area (Å²) in [4.78, 5) is 12.6. The molecule has 170 valence electrons. The minimum Gasteiger partial charge on any atom is -0.495 e. The van der Waals surface area contributed by atoms with Crippen molar-refractivity contribution in [3.8, 4) is 22.9 Å². The van der Waals surface area contributed by atoms with Crippen molar-refractivity contribution in [2.45, 2.75) is 25.5 Å². The number of nitrogens with one attached hydrogen (secondary N) is 1. The predicted molar refractivity (Wildman–Crippen MR) is 124 cm³/mol. The predicted octanol–water partition coefficient (Wildman–Crippen LogP) is 5.14. The number of halogens is 2. The molecule has 0 saturated heterocycles.